The second-order valence-corrected chi connectivity index (χ2v) is 3.76. The SMILES string of the molecule is CC(=NCc1nccnc1Cl)C(C)C. The summed E-state index contributed by atoms with van der Waals surface area (Å²) in [7, 11) is 0. The third-order valence-electron chi connectivity index (χ3n) is 2.04. The number of hydrogen-bond donors (Lipinski definition) is 0. The molecule has 0 amide bonds. The maximum Gasteiger partial charge on any atom is 0.152 e. The molecule has 0 atom stereocenters. The van der Waals surface area contributed by atoms with E-state index < -0.39 is 0 Å². The molecule has 76 valence electrons. The lowest BCUT2D eigenvalue weighted by atomic mass is 10.1. The minimum Gasteiger partial charge on any atom is -0.288 e. The van der Waals surface area contributed by atoms with Crippen LogP contribution in [0.15, 0.2) is 17.4 Å². The van der Waals surface area contributed by atoms with Crippen LogP contribution in [-0.2, 0) is 6.54 Å². The van der Waals surface area contributed by atoms with E-state index in [1.165, 1.54) is 0 Å². The third-order valence-corrected chi connectivity index (χ3v) is 2.35. The van der Waals surface area contributed by atoms with Crippen molar-refractivity contribution in [2.75, 3.05) is 0 Å². The highest BCUT2D eigenvalue weighted by Gasteiger charge is 2.02. The summed E-state index contributed by atoms with van der Waals surface area (Å²) >= 11 is 5.84. The highest BCUT2D eigenvalue weighted by atomic mass is 35.5. The Kier molecular flexibility index (Phi) is 4.01. The molecule has 1 rings (SSSR count). The highest BCUT2D eigenvalue weighted by molar-refractivity contribution is 6.29. The summed E-state index contributed by atoms with van der Waals surface area (Å²) in [4.78, 5) is 12.4. The zero-order chi connectivity index (χ0) is 10.6. The quantitative estimate of drug-likeness (QED) is 0.722. The van der Waals surface area contributed by atoms with Gasteiger partial charge in [-0.3, -0.25) is 9.98 Å². The van der Waals surface area contributed by atoms with Crippen molar-refractivity contribution in [2.24, 2.45) is 10.9 Å². The Bertz CT molecular complexity index is 334. The first-order valence-corrected chi connectivity index (χ1v) is 4.95. The van der Waals surface area contributed by atoms with Gasteiger partial charge in [-0.1, -0.05) is 25.4 Å². The predicted octanol–water partition coefficient (Wildman–Crippen LogP) is 2.75. The van der Waals surface area contributed by atoms with Crippen molar-refractivity contribution >= 4 is 17.3 Å². The van der Waals surface area contributed by atoms with E-state index in [2.05, 4.69) is 28.8 Å². The minimum atomic E-state index is 0.438. The normalized spacial score (nSPS) is 12.2. The Hall–Kier alpha value is -0.960. The standard InChI is InChI=1S/C10H14ClN3/c1-7(2)8(3)14-6-9-10(11)13-5-4-12-9/h4-5,7H,6H2,1-3H3. The topological polar surface area (TPSA) is 38.1 Å². The monoisotopic (exact) mass is 211 g/mol. The summed E-state index contributed by atoms with van der Waals surface area (Å²) in [5.74, 6) is 0.463. The van der Waals surface area contributed by atoms with E-state index in [-0.39, 0.29) is 0 Å². The molecule has 0 saturated heterocycles. The van der Waals surface area contributed by atoms with Crippen molar-refractivity contribution in [3.63, 3.8) is 0 Å². The molecule has 0 aromatic carbocycles. The van der Waals surface area contributed by atoms with Crippen LogP contribution in [0.25, 0.3) is 0 Å². The highest BCUT2D eigenvalue weighted by Crippen LogP contribution is 2.10. The van der Waals surface area contributed by atoms with Gasteiger partial charge in [-0.25, -0.2) is 4.98 Å². The van der Waals surface area contributed by atoms with Crippen LogP contribution in [0.4, 0.5) is 0 Å². The van der Waals surface area contributed by atoms with Gasteiger partial charge in [0.05, 0.1) is 12.2 Å². The van der Waals surface area contributed by atoms with Crippen molar-refractivity contribution in [1.29, 1.82) is 0 Å². The Morgan fingerprint density at radius 3 is 2.64 bits per heavy atom. The number of aromatic nitrogens is 2. The van der Waals surface area contributed by atoms with Gasteiger partial charge in [0.2, 0.25) is 0 Å². The largest absolute Gasteiger partial charge is 0.288 e. The summed E-state index contributed by atoms with van der Waals surface area (Å²) < 4.78 is 0. The van der Waals surface area contributed by atoms with Crippen LogP contribution < -0.4 is 0 Å². The molecule has 0 N–H and O–H groups in total. The second-order valence-electron chi connectivity index (χ2n) is 3.41. The van der Waals surface area contributed by atoms with E-state index in [9.17, 15) is 0 Å². The van der Waals surface area contributed by atoms with Crippen molar-refractivity contribution in [1.82, 2.24) is 9.97 Å². The van der Waals surface area contributed by atoms with Crippen LogP contribution in [0.5, 0.6) is 0 Å². The van der Waals surface area contributed by atoms with Crippen molar-refractivity contribution in [3.05, 3.63) is 23.2 Å². The van der Waals surface area contributed by atoms with Crippen LogP contribution in [0.1, 0.15) is 26.5 Å². The second kappa shape index (κ2) is 5.05. The van der Waals surface area contributed by atoms with Crippen LogP contribution in [-0.4, -0.2) is 15.7 Å². The van der Waals surface area contributed by atoms with Crippen LogP contribution in [0, 0.1) is 5.92 Å². The Balaban J connectivity index is 2.71. The van der Waals surface area contributed by atoms with Crippen LogP contribution >= 0.6 is 11.6 Å². The molecule has 0 radical (unpaired) electrons. The van der Waals surface area contributed by atoms with Crippen LogP contribution in [0.2, 0.25) is 5.15 Å². The van der Waals surface area contributed by atoms with Gasteiger partial charge < -0.3 is 0 Å². The molecule has 0 spiro atoms. The zero-order valence-corrected chi connectivity index (χ0v) is 9.41. The molecule has 0 bridgehead atoms. The molecule has 0 aliphatic carbocycles. The fourth-order valence-corrected chi connectivity index (χ4v) is 1.00. The van der Waals surface area contributed by atoms with Gasteiger partial charge in [-0.2, -0.15) is 0 Å². The Morgan fingerprint density at radius 1 is 1.43 bits per heavy atom. The molecule has 0 aliphatic rings. The Morgan fingerprint density at radius 2 is 2.07 bits per heavy atom. The lowest BCUT2D eigenvalue weighted by molar-refractivity contribution is 0.853. The first-order valence-electron chi connectivity index (χ1n) is 4.57. The number of halogens is 1. The Labute approximate surface area is 89.3 Å². The maximum absolute atomic E-state index is 5.84. The van der Waals surface area contributed by atoms with Gasteiger partial charge in [-0.05, 0) is 12.8 Å². The van der Waals surface area contributed by atoms with Gasteiger partial charge in [0.15, 0.2) is 5.15 Å². The summed E-state index contributed by atoms with van der Waals surface area (Å²) in [6, 6.07) is 0. The molecule has 0 unspecified atom stereocenters. The predicted molar refractivity (Wildman–Crippen MR) is 58.7 cm³/mol. The average molecular weight is 212 g/mol. The fourth-order valence-electron chi connectivity index (χ4n) is 0.838. The molecule has 0 fully saturated rings. The van der Waals surface area contributed by atoms with E-state index in [4.69, 9.17) is 11.6 Å². The average Bonchev–Trinajstić information content (AvgIpc) is 2.16. The van der Waals surface area contributed by atoms with Crippen LogP contribution in [0.3, 0.4) is 0 Å². The van der Waals surface area contributed by atoms with E-state index in [1.54, 1.807) is 12.4 Å². The number of aliphatic imine (C=N–C) groups is 1. The van der Waals surface area contributed by atoms with Gasteiger partial charge >= 0.3 is 0 Å². The molecule has 0 aliphatic heterocycles. The molecule has 1 aromatic heterocycles. The number of nitrogens with zero attached hydrogens (tertiary/aromatic N) is 3. The molecular weight excluding hydrogens is 198 g/mol. The molecule has 14 heavy (non-hydrogen) atoms. The first kappa shape index (κ1) is 11.1. The van der Waals surface area contributed by atoms with Crippen molar-refractivity contribution < 1.29 is 0 Å². The molecule has 3 nitrogen and oxygen atoms in total. The van der Waals surface area contributed by atoms with Gasteiger partial charge in [0.1, 0.15) is 0 Å². The molecular formula is C10H14ClN3. The van der Waals surface area contributed by atoms with E-state index in [1.807, 2.05) is 6.92 Å². The first-order chi connectivity index (χ1) is 6.61. The van der Waals surface area contributed by atoms with Gasteiger partial charge in [0.25, 0.3) is 0 Å². The summed E-state index contributed by atoms with van der Waals surface area (Å²) in [6.45, 7) is 6.74. The summed E-state index contributed by atoms with van der Waals surface area (Å²) in [5, 5.41) is 0.438. The fraction of sp³-hybridized carbons (Fsp3) is 0.500. The van der Waals surface area contributed by atoms with Crippen molar-refractivity contribution in [2.45, 2.75) is 27.3 Å². The van der Waals surface area contributed by atoms with Crippen molar-refractivity contribution in [3.8, 4) is 0 Å². The lowest BCUT2D eigenvalue weighted by Gasteiger charge is -2.04. The minimum absolute atomic E-state index is 0.438. The summed E-state index contributed by atoms with van der Waals surface area (Å²) in [5.41, 5.74) is 1.83. The van der Waals surface area contributed by atoms with Gasteiger partial charge in [0, 0.05) is 18.1 Å². The lowest BCUT2D eigenvalue weighted by Crippen LogP contribution is -2.03. The van der Waals surface area contributed by atoms with E-state index in [0.717, 1.165) is 11.4 Å². The molecule has 0 saturated carbocycles. The molecule has 1 heterocycles. The van der Waals surface area contributed by atoms with E-state index in [0.29, 0.717) is 17.6 Å². The van der Waals surface area contributed by atoms with Gasteiger partial charge in [-0.15, -0.1) is 0 Å². The number of hydrogen-bond acceptors (Lipinski definition) is 3. The molecule has 4 heteroatoms. The number of rotatable bonds is 3. The zero-order valence-electron chi connectivity index (χ0n) is 8.66. The molecule has 1 aromatic rings. The summed E-state index contributed by atoms with van der Waals surface area (Å²) in [6.07, 6.45) is 3.20. The van der Waals surface area contributed by atoms with E-state index >= 15 is 0 Å². The maximum atomic E-state index is 5.84. The smallest absolute Gasteiger partial charge is 0.152 e. The third kappa shape index (κ3) is 3.07.